The molecule has 13 heavy (non-hydrogen) atoms. The molecule has 0 atom stereocenters. The molecule has 0 bridgehead atoms. The van der Waals surface area contributed by atoms with E-state index in [-0.39, 0.29) is 17.5 Å². The first kappa shape index (κ1) is 10.6. The number of carbonyl (C=O) groups excluding carboxylic acids is 1. The van der Waals surface area contributed by atoms with Crippen molar-refractivity contribution in [1.29, 1.82) is 0 Å². The lowest BCUT2D eigenvalue weighted by molar-refractivity contribution is -0.163. The van der Waals surface area contributed by atoms with Crippen molar-refractivity contribution in [3.8, 4) is 0 Å². The fraction of sp³-hybridized carbons (Fsp3) is 0.909. The Morgan fingerprint density at radius 1 is 1.38 bits per heavy atom. The van der Waals surface area contributed by atoms with E-state index in [4.69, 9.17) is 4.74 Å². The quantitative estimate of drug-likeness (QED) is 0.630. The Bertz CT molecular complexity index is 179. The summed E-state index contributed by atoms with van der Waals surface area (Å²) in [5.41, 5.74) is -0.110. The van der Waals surface area contributed by atoms with Gasteiger partial charge in [-0.1, -0.05) is 20.8 Å². The maximum absolute atomic E-state index is 11.4. The minimum atomic E-state index is -0.110. The van der Waals surface area contributed by atoms with Gasteiger partial charge in [-0.3, -0.25) is 4.79 Å². The van der Waals surface area contributed by atoms with E-state index in [2.05, 4.69) is 6.92 Å². The van der Waals surface area contributed by atoms with Crippen LogP contribution in [0.15, 0.2) is 0 Å². The van der Waals surface area contributed by atoms with Crippen LogP contribution in [0.3, 0.4) is 0 Å². The standard InChI is InChI=1S/C11H20O2/c1-4-11(7-5-6-8-11)13-10(12)9(2)3/h9H,4-8H2,1-3H3. The van der Waals surface area contributed by atoms with Gasteiger partial charge in [-0.2, -0.15) is 0 Å². The van der Waals surface area contributed by atoms with E-state index in [1.807, 2.05) is 13.8 Å². The largest absolute Gasteiger partial charge is 0.459 e. The van der Waals surface area contributed by atoms with Gasteiger partial charge in [0.1, 0.15) is 5.60 Å². The summed E-state index contributed by atoms with van der Waals surface area (Å²) in [6.45, 7) is 5.89. The summed E-state index contributed by atoms with van der Waals surface area (Å²) in [5, 5.41) is 0. The zero-order valence-corrected chi connectivity index (χ0v) is 8.93. The van der Waals surface area contributed by atoms with Crippen molar-refractivity contribution < 1.29 is 9.53 Å². The maximum atomic E-state index is 11.4. The fourth-order valence-electron chi connectivity index (χ4n) is 1.88. The lowest BCUT2D eigenvalue weighted by Gasteiger charge is -2.28. The second-order valence-electron chi connectivity index (χ2n) is 4.32. The summed E-state index contributed by atoms with van der Waals surface area (Å²) in [6, 6.07) is 0. The predicted molar refractivity (Wildman–Crippen MR) is 52.4 cm³/mol. The average Bonchev–Trinajstić information content (AvgIpc) is 2.54. The van der Waals surface area contributed by atoms with Gasteiger partial charge < -0.3 is 4.74 Å². The van der Waals surface area contributed by atoms with Crippen molar-refractivity contribution in [2.75, 3.05) is 0 Å². The summed E-state index contributed by atoms with van der Waals surface area (Å²) in [6.07, 6.45) is 5.49. The summed E-state index contributed by atoms with van der Waals surface area (Å²) in [4.78, 5) is 11.4. The van der Waals surface area contributed by atoms with Crippen LogP contribution in [0.5, 0.6) is 0 Å². The molecule has 1 aliphatic carbocycles. The highest BCUT2D eigenvalue weighted by molar-refractivity contribution is 5.72. The summed E-state index contributed by atoms with van der Waals surface area (Å²) in [7, 11) is 0. The van der Waals surface area contributed by atoms with E-state index in [0.29, 0.717) is 0 Å². The predicted octanol–water partition coefficient (Wildman–Crippen LogP) is 2.91. The van der Waals surface area contributed by atoms with Crippen LogP contribution in [-0.2, 0) is 9.53 Å². The van der Waals surface area contributed by atoms with Crippen LogP contribution < -0.4 is 0 Å². The molecule has 0 aliphatic heterocycles. The Morgan fingerprint density at radius 2 is 1.92 bits per heavy atom. The van der Waals surface area contributed by atoms with Crippen LogP contribution in [-0.4, -0.2) is 11.6 Å². The average molecular weight is 184 g/mol. The minimum absolute atomic E-state index is 0.00373. The second kappa shape index (κ2) is 4.12. The maximum Gasteiger partial charge on any atom is 0.308 e. The summed E-state index contributed by atoms with van der Waals surface area (Å²) in [5.74, 6) is -0.0345. The Labute approximate surface area is 80.7 Å². The first-order valence-electron chi connectivity index (χ1n) is 5.32. The van der Waals surface area contributed by atoms with Crippen molar-refractivity contribution >= 4 is 5.97 Å². The highest BCUT2D eigenvalue weighted by Gasteiger charge is 2.36. The van der Waals surface area contributed by atoms with E-state index in [1.54, 1.807) is 0 Å². The Hall–Kier alpha value is -0.530. The zero-order valence-electron chi connectivity index (χ0n) is 8.93. The van der Waals surface area contributed by atoms with Crippen LogP contribution in [0.25, 0.3) is 0 Å². The number of rotatable bonds is 3. The molecule has 0 N–H and O–H groups in total. The molecule has 0 spiro atoms. The summed E-state index contributed by atoms with van der Waals surface area (Å²) >= 11 is 0. The van der Waals surface area contributed by atoms with Crippen molar-refractivity contribution in [1.82, 2.24) is 0 Å². The smallest absolute Gasteiger partial charge is 0.308 e. The second-order valence-corrected chi connectivity index (χ2v) is 4.32. The Kier molecular flexibility index (Phi) is 3.34. The molecule has 76 valence electrons. The molecule has 1 rings (SSSR count). The van der Waals surface area contributed by atoms with Gasteiger partial charge in [0.2, 0.25) is 0 Å². The molecular formula is C11H20O2. The van der Waals surface area contributed by atoms with Crippen molar-refractivity contribution in [2.45, 2.75) is 58.5 Å². The minimum Gasteiger partial charge on any atom is -0.459 e. The number of carbonyl (C=O) groups is 1. The molecule has 0 amide bonds. The SMILES string of the molecule is CCC1(OC(=O)C(C)C)CCCC1. The molecule has 0 saturated heterocycles. The number of esters is 1. The van der Waals surface area contributed by atoms with Crippen molar-refractivity contribution in [3.05, 3.63) is 0 Å². The molecule has 0 heterocycles. The van der Waals surface area contributed by atoms with E-state index in [9.17, 15) is 4.79 Å². The van der Waals surface area contributed by atoms with Crippen LogP contribution in [0, 0.1) is 5.92 Å². The van der Waals surface area contributed by atoms with Crippen LogP contribution in [0.4, 0.5) is 0 Å². The molecule has 0 radical (unpaired) electrons. The molecule has 1 fully saturated rings. The highest BCUT2D eigenvalue weighted by atomic mass is 16.6. The number of hydrogen-bond acceptors (Lipinski definition) is 2. The molecule has 0 aromatic carbocycles. The van der Waals surface area contributed by atoms with E-state index in [1.165, 1.54) is 12.8 Å². The van der Waals surface area contributed by atoms with Gasteiger partial charge in [-0.05, 0) is 32.1 Å². The number of ether oxygens (including phenoxy) is 1. The third kappa shape index (κ3) is 2.45. The monoisotopic (exact) mass is 184 g/mol. The molecule has 1 aliphatic rings. The van der Waals surface area contributed by atoms with Crippen LogP contribution >= 0.6 is 0 Å². The van der Waals surface area contributed by atoms with Gasteiger partial charge in [-0.25, -0.2) is 0 Å². The third-order valence-corrected chi connectivity index (χ3v) is 2.95. The van der Waals surface area contributed by atoms with Gasteiger partial charge in [-0.15, -0.1) is 0 Å². The van der Waals surface area contributed by atoms with E-state index in [0.717, 1.165) is 19.3 Å². The number of hydrogen-bond donors (Lipinski definition) is 0. The lowest BCUT2D eigenvalue weighted by Crippen LogP contribution is -2.32. The first-order chi connectivity index (χ1) is 6.09. The van der Waals surface area contributed by atoms with Gasteiger partial charge in [0.05, 0.1) is 5.92 Å². The third-order valence-electron chi connectivity index (χ3n) is 2.95. The van der Waals surface area contributed by atoms with Gasteiger partial charge in [0.25, 0.3) is 0 Å². The lowest BCUT2D eigenvalue weighted by atomic mass is 9.98. The molecule has 0 aromatic rings. The van der Waals surface area contributed by atoms with Gasteiger partial charge >= 0.3 is 5.97 Å². The van der Waals surface area contributed by atoms with Crippen LogP contribution in [0.1, 0.15) is 52.9 Å². The summed E-state index contributed by atoms with van der Waals surface area (Å²) < 4.78 is 5.57. The topological polar surface area (TPSA) is 26.3 Å². The van der Waals surface area contributed by atoms with Crippen LogP contribution in [0.2, 0.25) is 0 Å². The van der Waals surface area contributed by atoms with E-state index < -0.39 is 0 Å². The van der Waals surface area contributed by atoms with Gasteiger partial charge in [0.15, 0.2) is 0 Å². The molecule has 0 aromatic heterocycles. The van der Waals surface area contributed by atoms with Crippen molar-refractivity contribution in [3.63, 3.8) is 0 Å². The molecule has 2 heteroatoms. The Morgan fingerprint density at radius 3 is 2.31 bits per heavy atom. The highest BCUT2D eigenvalue weighted by Crippen LogP contribution is 2.36. The Balaban J connectivity index is 2.53. The molecule has 1 saturated carbocycles. The van der Waals surface area contributed by atoms with Gasteiger partial charge in [0, 0.05) is 0 Å². The molecule has 2 nitrogen and oxygen atoms in total. The zero-order chi connectivity index (χ0) is 9.90. The molecule has 0 unspecified atom stereocenters. The first-order valence-corrected chi connectivity index (χ1v) is 5.32. The van der Waals surface area contributed by atoms with Crippen molar-refractivity contribution in [2.24, 2.45) is 5.92 Å². The normalized spacial score (nSPS) is 20.6. The fourth-order valence-corrected chi connectivity index (χ4v) is 1.88. The molecular weight excluding hydrogens is 164 g/mol. The van der Waals surface area contributed by atoms with E-state index >= 15 is 0 Å².